The first-order valence-corrected chi connectivity index (χ1v) is 9.79. The molecule has 2 N–H and O–H groups in total. The Morgan fingerprint density at radius 2 is 2.00 bits per heavy atom. The van der Waals surface area contributed by atoms with E-state index in [0.29, 0.717) is 23.6 Å². The molecule has 1 saturated heterocycles. The van der Waals surface area contributed by atoms with Gasteiger partial charge in [-0.05, 0) is 68.1 Å². The van der Waals surface area contributed by atoms with Crippen LogP contribution in [0.1, 0.15) is 44.8 Å². The number of anilines is 1. The first-order valence-electron chi connectivity index (χ1n) is 9.79. The van der Waals surface area contributed by atoms with Crippen molar-refractivity contribution in [2.45, 2.75) is 32.8 Å². The Balaban J connectivity index is 1.46. The predicted octanol–water partition coefficient (Wildman–Crippen LogP) is 4.41. The van der Waals surface area contributed by atoms with Gasteiger partial charge in [0.25, 0.3) is 5.91 Å². The number of rotatable bonds is 6. The quantitative estimate of drug-likeness (QED) is 0.609. The second-order valence-corrected chi connectivity index (χ2v) is 7.37. The van der Waals surface area contributed by atoms with Gasteiger partial charge in [0.1, 0.15) is 12.4 Å². The third-order valence-corrected chi connectivity index (χ3v) is 5.48. The van der Waals surface area contributed by atoms with E-state index in [4.69, 9.17) is 9.47 Å². The second kappa shape index (κ2) is 8.09. The summed E-state index contributed by atoms with van der Waals surface area (Å²) in [4.78, 5) is 27.0. The fourth-order valence-corrected chi connectivity index (χ4v) is 3.67. The summed E-state index contributed by atoms with van der Waals surface area (Å²) in [6.45, 7) is 5.16. The molecule has 150 valence electrons. The minimum atomic E-state index is -0.197. The Bertz CT molecular complexity index is 1050. The van der Waals surface area contributed by atoms with Crippen molar-refractivity contribution in [1.29, 1.82) is 0 Å². The first kappa shape index (κ1) is 19.2. The van der Waals surface area contributed by atoms with E-state index in [9.17, 15) is 9.59 Å². The number of amides is 1. The van der Waals surface area contributed by atoms with Crippen LogP contribution in [-0.4, -0.2) is 36.5 Å². The van der Waals surface area contributed by atoms with E-state index in [1.165, 1.54) is 0 Å². The molecule has 2 aromatic carbocycles. The molecule has 6 nitrogen and oxygen atoms in total. The Kier molecular flexibility index (Phi) is 5.36. The molecule has 1 aliphatic rings. The van der Waals surface area contributed by atoms with Crippen molar-refractivity contribution in [1.82, 2.24) is 4.98 Å². The van der Waals surface area contributed by atoms with Crippen molar-refractivity contribution in [3.05, 3.63) is 58.8 Å². The zero-order chi connectivity index (χ0) is 20.4. The van der Waals surface area contributed by atoms with Gasteiger partial charge in [0.05, 0.1) is 17.3 Å². The second-order valence-electron chi connectivity index (χ2n) is 7.37. The number of benzene rings is 2. The molecule has 6 heteroatoms. The Labute approximate surface area is 169 Å². The van der Waals surface area contributed by atoms with E-state index in [1.54, 1.807) is 24.3 Å². The van der Waals surface area contributed by atoms with Crippen molar-refractivity contribution in [3.63, 3.8) is 0 Å². The average Bonchev–Trinajstić information content (AvgIpc) is 3.37. The van der Waals surface area contributed by atoms with Gasteiger partial charge in [-0.3, -0.25) is 9.59 Å². The third-order valence-electron chi connectivity index (χ3n) is 5.48. The van der Waals surface area contributed by atoms with Gasteiger partial charge in [-0.2, -0.15) is 0 Å². The van der Waals surface area contributed by atoms with E-state index in [0.717, 1.165) is 53.5 Å². The Morgan fingerprint density at radius 3 is 2.69 bits per heavy atom. The zero-order valence-electron chi connectivity index (χ0n) is 16.6. The van der Waals surface area contributed by atoms with Crippen LogP contribution in [0.25, 0.3) is 10.9 Å². The summed E-state index contributed by atoms with van der Waals surface area (Å²) >= 11 is 0. The maximum absolute atomic E-state index is 12.7. The molecule has 0 radical (unpaired) electrons. The van der Waals surface area contributed by atoms with Crippen molar-refractivity contribution in [3.8, 4) is 5.75 Å². The Hall–Kier alpha value is -3.12. The van der Waals surface area contributed by atoms with Crippen LogP contribution in [0.2, 0.25) is 0 Å². The molecule has 1 aromatic heterocycles. The molecule has 1 fully saturated rings. The molecular formula is C23H24N2O4. The van der Waals surface area contributed by atoms with Crippen LogP contribution in [0.15, 0.2) is 36.4 Å². The van der Waals surface area contributed by atoms with Crippen molar-refractivity contribution in [2.24, 2.45) is 0 Å². The smallest absolute Gasteiger partial charge is 0.255 e. The molecule has 0 bridgehead atoms. The van der Waals surface area contributed by atoms with Crippen LogP contribution in [0, 0.1) is 13.8 Å². The summed E-state index contributed by atoms with van der Waals surface area (Å²) in [5.41, 5.74) is 4.48. The number of aromatic nitrogens is 1. The molecule has 0 spiro atoms. The molecule has 1 atom stereocenters. The van der Waals surface area contributed by atoms with Gasteiger partial charge in [-0.1, -0.05) is 6.07 Å². The molecule has 1 aliphatic heterocycles. The Morgan fingerprint density at radius 1 is 1.21 bits per heavy atom. The topological polar surface area (TPSA) is 80.4 Å². The molecule has 2 heterocycles. The first-order chi connectivity index (χ1) is 14.1. The van der Waals surface area contributed by atoms with E-state index in [1.807, 2.05) is 26.0 Å². The van der Waals surface area contributed by atoms with Gasteiger partial charge in [0, 0.05) is 23.2 Å². The summed E-state index contributed by atoms with van der Waals surface area (Å²) in [6.07, 6.45) is 3.08. The highest BCUT2D eigenvalue weighted by atomic mass is 16.5. The lowest BCUT2D eigenvalue weighted by molar-refractivity contribution is 0.0679. The molecule has 0 unspecified atom stereocenters. The van der Waals surface area contributed by atoms with Crippen LogP contribution in [-0.2, 0) is 4.74 Å². The van der Waals surface area contributed by atoms with Crippen LogP contribution in [0.5, 0.6) is 5.75 Å². The van der Waals surface area contributed by atoms with Gasteiger partial charge in [-0.25, -0.2) is 0 Å². The van der Waals surface area contributed by atoms with E-state index < -0.39 is 0 Å². The number of carbonyl (C=O) groups excluding carboxylic acids is 2. The van der Waals surface area contributed by atoms with Gasteiger partial charge >= 0.3 is 0 Å². The van der Waals surface area contributed by atoms with Crippen LogP contribution < -0.4 is 10.1 Å². The molecule has 0 aliphatic carbocycles. The van der Waals surface area contributed by atoms with E-state index in [-0.39, 0.29) is 12.0 Å². The monoisotopic (exact) mass is 392 g/mol. The van der Waals surface area contributed by atoms with Crippen LogP contribution in [0.4, 0.5) is 5.69 Å². The number of aromatic amines is 1. The highest BCUT2D eigenvalue weighted by Crippen LogP contribution is 2.29. The van der Waals surface area contributed by atoms with E-state index in [2.05, 4.69) is 10.3 Å². The number of carbonyl (C=O) groups is 2. The van der Waals surface area contributed by atoms with Crippen LogP contribution >= 0.6 is 0 Å². The van der Waals surface area contributed by atoms with Gasteiger partial charge in [0.2, 0.25) is 0 Å². The number of H-pyrrole nitrogens is 1. The fourth-order valence-electron chi connectivity index (χ4n) is 3.67. The zero-order valence-corrected chi connectivity index (χ0v) is 16.6. The molecular weight excluding hydrogens is 368 g/mol. The summed E-state index contributed by atoms with van der Waals surface area (Å²) in [6, 6.07) is 10.9. The minimum absolute atomic E-state index is 0.159. The van der Waals surface area contributed by atoms with E-state index >= 15 is 0 Å². The normalized spacial score (nSPS) is 16.1. The summed E-state index contributed by atoms with van der Waals surface area (Å²) in [7, 11) is 0. The lowest BCUT2D eigenvalue weighted by Gasteiger charge is -2.12. The number of fused-ring (bicyclic) bond motifs is 1. The van der Waals surface area contributed by atoms with Gasteiger partial charge < -0.3 is 19.8 Å². The number of aryl methyl sites for hydroxylation is 2. The minimum Gasteiger partial charge on any atom is -0.491 e. The molecule has 29 heavy (non-hydrogen) atoms. The fraction of sp³-hybridized carbons (Fsp3) is 0.304. The number of ether oxygens (including phenoxy) is 2. The number of aldehydes is 1. The molecule has 3 aromatic rings. The number of hydrogen-bond acceptors (Lipinski definition) is 4. The number of hydrogen-bond donors (Lipinski definition) is 2. The molecule has 0 saturated carbocycles. The lowest BCUT2D eigenvalue weighted by atomic mass is 10.1. The van der Waals surface area contributed by atoms with Gasteiger partial charge in [0.15, 0.2) is 6.29 Å². The largest absolute Gasteiger partial charge is 0.491 e. The lowest BCUT2D eigenvalue weighted by Crippen LogP contribution is -2.16. The van der Waals surface area contributed by atoms with Crippen molar-refractivity contribution in [2.75, 3.05) is 18.5 Å². The van der Waals surface area contributed by atoms with Crippen molar-refractivity contribution >= 4 is 28.8 Å². The van der Waals surface area contributed by atoms with Crippen molar-refractivity contribution < 1.29 is 19.1 Å². The highest BCUT2D eigenvalue weighted by Gasteiger charge is 2.16. The standard InChI is InChI=1S/C23H24N2O4/c1-14-19-9-10-20(15(2)22(19)24-21(14)12-26)25-23(27)16-5-7-17(8-6-16)29-13-18-4-3-11-28-18/h5-10,12,18,24H,3-4,11,13H2,1-2H3,(H,25,27)/t18-/m0/s1. The SMILES string of the molecule is Cc1c(C=O)[nH]c2c(C)c(NC(=O)c3ccc(OC[C@@H]4CCCO4)cc3)ccc12. The maximum Gasteiger partial charge on any atom is 0.255 e. The van der Waals surface area contributed by atoms with Crippen LogP contribution in [0.3, 0.4) is 0 Å². The maximum atomic E-state index is 12.7. The highest BCUT2D eigenvalue weighted by molar-refractivity contribution is 6.06. The molecule has 1 amide bonds. The molecule has 4 rings (SSSR count). The summed E-state index contributed by atoms with van der Waals surface area (Å²) in [5, 5.41) is 3.94. The summed E-state index contributed by atoms with van der Waals surface area (Å²) in [5.74, 6) is 0.523. The summed E-state index contributed by atoms with van der Waals surface area (Å²) < 4.78 is 11.3. The number of nitrogens with one attached hydrogen (secondary N) is 2. The average molecular weight is 392 g/mol. The third kappa shape index (κ3) is 3.89. The van der Waals surface area contributed by atoms with Gasteiger partial charge in [-0.15, -0.1) is 0 Å². The predicted molar refractivity (Wildman–Crippen MR) is 112 cm³/mol.